The predicted octanol–water partition coefficient (Wildman–Crippen LogP) is 5.20. The molecule has 0 spiro atoms. The number of rotatable bonds is 12. The van der Waals surface area contributed by atoms with E-state index in [0.29, 0.717) is 15.2 Å². The van der Waals surface area contributed by atoms with Gasteiger partial charge < -0.3 is 0 Å². The van der Waals surface area contributed by atoms with Crippen molar-refractivity contribution in [3.05, 3.63) is 0 Å². The first-order valence-electron chi connectivity index (χ1n) is 7.41. The molecular weight excluding hydrogens is 195 g/mol. The molecule has 0 aromatic carbocycles. The lowest BCUT2D eigenvalue weighted by atomic mass is 10.2. The standard InChI is InChI=1S/2C7H15.Al.H/c2*1-3-5-7-6-4-2;;/h2*1,3-7H2,2H3;;. The van der Waals surface area contributed by atoms with Gasteiger partial charge in [-0.1, -0.05) is 88.6 Å². The van der Waals surface area contributed by atoms with Crippen molar-refractivity contribution >= 4 is 15.2 Å². The van der Waals surface area contributed by atoms with Crippen LogP contribution in [-0.2, 0) is 0 Å². The number of hydrogen-bond donors (Lipinski definition) is 0. The average molecular weight is 226 g/mol. The molecule has 0 unspecified atom stereocenters. The van der Waals surface area contributed by atoms with Crippen LogP contribution < -0.4 is 0 Å². The third kappa shape index (κ3) is 14.5. The van der Waals surface area contributed by atoms with Gasteiger partial charge in [-0.05, 0) is 0 Å². The molecule has 1 heteroatoms. The van der Waals surface area contributed by atoms with E-state index in [4.69, 9.17) is 0 Å². The third-order valence-corrected chi connectivity index (χ3v) is 5.21. The maximum absolute atomic E-state index is 2.30. The van der Waals surface area contributed by atoms with Gasteiger partial charge in [0.2, 0.25) is 15.2 Å². The Hall–Kier alpha value is 0.532. The predicted molar refractivity (Wildman–Crippen MR) is 74.3 cm³/mol. The second-order valence-electron chi connectivity index (χ2n) is 4.89. The highest BCUT2D eigenvalue weighted by Gasteiger charge is 1.95. The van der Waals surface area contributed by atoms with Gasteiger partial charge in [-0.15, -0.1) is 0 Å². The van der Waals surface area contributed by atoms with Crippen molar-refractivity contribution < 1.29 is 0 Å². The molecule has 0 aromatic heterocycles. The summed E-state index contributed by atoms with van der Waals surface area (Å²) >= 11 is 0.343. The van der Waals surface area contributed by atoms with Gasteiger partial charge in [-0.2, -0.15) is 0 Å². The van der Waals surface area contributed by atoms with Gasteiger partial charge in [0.1, 0.15) is 0 Å². The third-order valence-electron chi connectivity index (χ3n) is 3.21. The molecule has 0 N–H and O–H groups in total. The first kappa shape index (κ1) is 15.5. The van der Waals surface area contributed by atoms with E-state index in [9.17, 15) is 0 Å². The molecule has 0 bridgehead atoms. The summed E-state index contributed by atoms with van der Waals surface area (Å²) in [6.07, 6.45) is 14.8. The van der Waals surface area contributed by atoms with E-state index in [1.54, 1.807) is 23.4 Å². The van der Waals surface area contributed by atoms with Gasteiger partial charge in [-0.3, -0.25) is 0 Å². The van der Waals surface area contributed by atoms with E-state index in [2.05, 4.69) is 13.8 Å². The monoisotopic (exact) mass is 226 g/mol. The summed E-state index contributed by atoms with van der Waals surface area (Å²) in [4.78, 5) is 0. The molecule has 0 aromatic rings. The summed E-state index contributed by atoms with van der Waals surface area (Å²) < 4.78 is 0. The summed E-state index contributed by atoms with van der Waals surface area (Å²) in [5, 5.41) is 3.25. The fourth-order valence-corrected chi connectivity index (χ4v) is 3.86. The highest BCUT2D eigenvalue weighted by atomic mass is 27.1. The Balaban J connectivity index is 2.81. The molecule has 0 aliphatic heterocycles. The second-order valence-corrected chi connectivity index (χ2v) is 7.01. The molecule has 0 saturated heterocycles. The molecule has 15 heavy (non-hydrogen) atoms. The van der Waals surface area contributed by atoms with Crippen LogP contribution in [0.5, 0.6) is 0 Å². The summed E-state index contributed by atoms with van der Waals surface area (Å²) in [5.74, 6) is 0. The van der Waals surface area contributed by atoms with Gasteiger partial charge in [0.15, 0.2) is 0 Å². The summed E-state index contributed by atoms with van der Waals surface area (Å²) in [5.41, 5.74) is 0. The molecule has 0 heterocycles. The lowest BCUT2D eigenvalue weighted by molar-refractivity contribution is 0.647. The summed E-state index contributed by atoms with van der Waals surface area (Å²) in [7, 11) is 0. The van der Waals surface area contributed by atoms with Crippen LogP contribution in [0.15, 0.2) is 0 Å². The molecule has 0 fully saturated rings. The Morgan fingerprint density at radius 1 is 0.533 bits per heavy atom. The first-order valence-corrected chi connectivity index (χ1v) is 9.41. The van der Waals surface area contributed by atoms with Crippen molar-refractivity contribution in [1.82, 2.24) is 0 Å². The van der Waals surface area contributed by atoms with Crippen LogP contribution in [0.1, 0.15) is 78.1 Å². The largest absolute Gasteiger partial charge is 0.236 e. The smallest absolute Gasteiger partial charge is 0.0972 e. The van der Waals surface area contributed by atoms with Crippen molar-refractivity contribution in [3.63, 3.8) is 0 Å². The first-order chi connectivity index (χ1) is 7.41. The van der Waals surface area contributed by atoms with E-state index in [0.717, 1.165) is 0 Å². The van der Waals surface area contributed by atoms with Crippen molar-refractivity contribution in [1.29, 1.82) is 0 Å². The Bertz CT molecular complexity index is 89.5. The number of hydrogen-bond acceptors (Lipinski definition) is 0. The van der Waals surface area contributed by atoms with Crippen molar-refractivity contribution in [2.75, 3.05) is 0 Å². The summed E-state index contributed by atoms with van der Waals surface area (Å²) in [6, 6.07) is 0. The fourth-order valence-electron chi connectivity index (χ4n) is 2.09. The molecule has 0 rings (SSSR count). The Kier molecular flexibility index (Phi) is 15.0. The van der Waals surface area contributed by atoms with Crippen molar-refractivity contribution in [3.8, 4) is 0 Å². The topological polar surface area (TPSA) is 0 Å². The van der Waals surface area contributed by atoms with Gasteiger partial charge in [0, 0.05) is 0 Å². The van der Waals surface area contributed by atoms with Crippen LogP contribution in [0, 0.1) is 0 Å². The number of unbranched alkanes of at least 4 members (excludes halogenated alkanes) is 8. The van der Waals surface area contributed by atoms with E-state index >= 15 is 0 Å². The molecule has 0 aliphatic carbocycles. The maximum atomic E-state index is 2.30. The van der Waals surface area contributed by atoms with Crippen LogP contribution in [0.4, 0.5) is 0 Å². The van der Waals surface area contributed by atoms with Crippen LogP contribution >= 0.6 is 0 Å². The maximum Gasteiger partial charge on any atom is 0.236 e. The highest BCUT2D eigenvalue weighted by Crippen LogP contribution is 2.08. The quantitative estimate of drug-likeness (QED) is 0.317. The molecule has 90 valence electrons. The molecule has 0 atom stereocenters. The normalized spacial score (nSPS) is 10.5. The summed E-state index contributed by atoms with van der Waals surface area (Å²) in [6.45, 7) is 4.59. The second kappa shape index (κ2) is 14.5. The van der Waals surface area contributed by atoms with Gasteiger partial charge in [-0.25, -0.2) is 0 Å². The zero-order valence-corrected chi connectivity index (χ0v) is 12.6. The Morgan fingerprint density at radius 3 is 1.33 bits per heavy atom. The molecule has 0 amide bonds. The van der Waals surface area contributed by atoms with Crippen LogP contribution in [-0.4, -0.2) is 15.2 Å². The van der Waals surface area contributed by atoms with E-state index in [-0.39, 0.29) is 0 Å². The van der Waals surface area contributed by atoms with E-state index in [1.165, 1.54) is 51.4 Å². The molecule has 0 nitrogen and oxygen atoms in total. The zero-order chi connectivity index (χ0) is 11.2. The molecular formula is C14H31Al. The fraction of sp³-hybridized carbons (Fsp3) is 1.00. The highest BCUT2D eigenvalue weighted by molar-refractivity contribution is 6.35. The minimum atomic E-state index is 0.343. The lowest BCUT2D eigenvalue weighted by Crippen LogP contribution is -1.90. The average Bonchev–Trinajstić information content (AvgIpc) is 2.26. The SMILES string of the molecule is CCCCCC[CH2][AlH][CH2]CCCCCC. The van der Waals surface area contributed by atoms with Gasteiger partial charge >= 0.3 is 0 Å². The van der Waals surface area contributed by atoms with E-state index < -0.39 is 0 Å². The molecule has 0 aliphatic rings. The minimum Gasteiger partial charge on any atom is -0.0972 e. The molecule has 0 saturated carbocycles. The van der Waals surface area contributed by atoms with Crippen LogP contribution in [0.2, 0.25) is 10.6 Å². The van der Waals surface area contributed by atoms with Crippen LogP contribution in [0.25, 0.3) is 0 Å². The van der Waals surface area contributed by atoms with Crippen molar-refractivity contribution in [2.45, 2.75) is 88.6 Å². The Labute approximate surface area is 104 Å². The molecule has 0 radical (unpaired) electrons. The van der Waals surface area contributed by atoms with E-state index in [1.807, 2.05) is 0 Å². The minimum absolute atomic E-state index is 0.343. The zero-order valence-electron chi connectivity index (χ0n) is 11.2. The van der Waals surface area contributed by atoms with Crippen LogP contribution in [0.3, 0.4) is 0 Å². The Morgan fingerprint density at radius 2 is 0.933 bits per heavy atom. The van der Waals surface area contributed by atoms with Gasteiger partial charge in [0.25, 0.3) is 0 Å². The van der Waals surface area contributed by atoms with Gasteiger partial charge in [0.05, 0.1) is 0 Å². The lowest BCUT2D eigenvalue weighted by Gasteiger charge is -2.00. The van der Waals surface area contributed by atoms with Crippen molar-refractivity contribution in [2.24, 2.45) is 0 Å².